The van der Waals surface area contributed by atoms with Crippen LogP contribution in [0.3, 0.4) is 0 Å². The van der Waals surface area contributed by atoms with Gasteiger partial charge >= 0.3 is 0 Å². The molecule has 0 radical (unpaired) electrons. The first-order valence-electron chi connectivity index (χ1n) is 5.25. The van der Waals surface area contributed by atoms with Gasteiger partial charge in [-0.1, -0.05) is 0 Å². The molecule has 0 saturated carbocycles. The standard InChI is InChI=1S/C12H13BrN2OS/c1-2-15(7-3-6-14)12(16)10-8-9(17)4-5-11(10)13/h4-5,8,17H,2-3,7H2,1H3. The number of nitrogens with zero attached hydrogens (tertiary/aromatic N) is 2. The van der Waals surface area contributed by atoms with Crippen LogP contribution in [0.15, 0.2) is 27.6 Å². The Hall–Kier alpha value is -0.990. The fourth-order valence-electron chi connectivity index (χ4n) is 1.44. The molecule has 5 heteroatoms. The topological polar surface area (TPSA) is 44.1 Å². The van der Waals surface area contributed by atoms with Gasteiger partial charge in [0.1, 0.15) is 0 Å². The number of benzene rings is 1. The third-order valence-electron chi connectivity index (χ3n) is 2.34. The Balaban J connectivity index is 2.94. The Morgan fingerprint density at radius 3 is 2.88 bits per heavy atom. The second kappa shape index (κ2) is 6.67. The molecule has 1 rings (SSSR count). The molecule has 3 nitrogen and oxygen atoms in total. The molecule has 0 saturated heterocycles. The Morgan fingerprint density at radius 1 is 1.59 bits per heavy atom. The van der Waals surface area contributed by atoms with Crippen LogP contribution in [0.4, 0.5) is 0 Å². The first-order valence-corrected chi connectivity index (χ1v) is 6.49. The van der Waals surface area contributed by atoms with Gasteiger partial charge in [0.25, 0.3) is 5.91 Å². The molecule has 0 spiro atoms. The highest BCUT2D eigenvalue weighted by Crippen LogP contribution is 2.21. The lowest BCUT2D eigenvalue weighted by atomic mass is 10.2. The van der Waals surface area contributed by atoms with E-state index in [2.05, 4.69) is 28.6 Å². The molecule has 0 aliphatic heterocycles. The first kappa shape index (κ1) is 14.1. The van der Waals surface area contributed by atoms with Gasteiger partial charge in [-0.2, -0.15) is 5.26 Å². The van der Waals surface area contributed by atoms with Crippen molar-refractivity contribution in [3.8, 4) is 6.07 Å². The Kier molecular flexibility index (Phi) is 5.52. The van der Waals surface area contributed by atoms with Crippen molar-refractivity contribution in [3.63, 3.8) is 0 Å². The van der Waals surface area contributed by atoms with E-state index in [0.717, 1.165) is 9.37 Å². The van der Waals surface area contributed by atoms with Crippen molar-refractivity contribution < 1.29 is 4.79 Å². The number of hydrogen-bond acceptors (Lipinski definition) is 3. The predicted octanol–water partition coefficient (Wildman–Crippen LogP) is 3.11. The fraction of sp³-hybridized carbons (Fsp3) is 0.333. The van der Waals surface area contributed by atoms with Gasteiger partial charge in [-0.3, -0.25) is 4.79 Å². The summed E-state index contributed by atoms with van der Waals surface area (Å²) in [6.07, 6.45) is 0.345. The van der Waals surface area contributed by atoms with Crippen molar-refractivity contribution in [2.75, 3.05) is 13.1 Å². The van der Waals surface area contributed by atoms with Crippen LogP contribution in [0.5, 0.6) is 0 Å². The van der Waals surface area contributed by atoms with E-state index in [0.29, 0.717) is 25.1 Å². The molecule has 0 N–H and O–H groups in total. The summed E-state index contributed by atoms with van der Waals surface area (Å²) in [5.41, 5.74) is 0.581. The Morgan fingerprint density at radius 2 is 2.29 bits per heavy atom. The summed E-state index contributed by atoms with van der Waals surface area (Å²) in [5, 5.41) is 8.55. The molecule has 0 aromatic heterocycles. The average molecular weight is 313 g/mol. The number of carbonyl (C=O) groups is 1. The maximum absolute atomic E-state index is 12.2. The van der Waals surface area contributed by atoms with Crippen LogP contribution in [0.2, 0.25) is 0 Å². The second-order valence-corrected chi connectivity index (χ2v) is 4.83. The lowest BCUT2D eigenvalue weighted by Crippen LogP contribution is -2.31. The Bertz CT molecular complexity index is 456. The molecule has 1 aromatic carbocycles. The number of nitriles is 1. The summed E-state index contributed by atoms with van der Waals surface area (Å²) in [6, 6.07) is 7.39. The first-order chi connectivity index (χ1) is 8.10. The maximum atomic E-state index is 12.2. The van der Waals surface area contributed by atoms with Gasteiger partial charge in [0.05, 0.1) is 18.1 Å². The number of carbonyl (C=O) groups excluding carboxylic acids is 1. The van der Waals surface area contributed by atoms with E-state index < -0.39 is 0 Å². The number of thiol groups is 1. The highest BCUT2D eigenvalue weighted by Gasteiger charge is 2.16. The quantitative estimate of drug-likeness (QED) is 0.868. The maximum Gasteiger partial charge on any atom is 0.255 e. The van der Waals surface area contributed by atoms with Gasteiger partial charge in [-0.15, -0.1) is 12.6 Å². The van der Waals surface area contributed by atoms with Crippen LogP contribution in [0.1, 0.15) is 23.7 Å². The van der Waals surface area contributed by atoms with E-state index in [-0.39, 0.29) is 5.91 Å². The Labute approximate surface area is 115 Å². The molecule has 90 valence electrons. The van der Waals surface area contributed by atoms with Gasteiger partial charge in [-0.25, -0.2) is 0 Å². The summed E-state index contributed by atoms with van der Waals surface area (Å²) in [6.45, 7) is 2.94. The SMILES string of the molecule is CCN(CCC#N)C(=O)c1cc(S)ccc1Br. The zero-order chi connectivity index (χ0) is 12.8. The number of halogens is 1. The lowest BCUT2D eigenvalue weighted by molar-refractivity contribution is 0.0766. The van der Waals surface area contributed by atoms with Crippen LogP contribution in [0, 0.1) is 11.3 Å². The third-order valence-corrected chi connectivity index (χ3v) is 3.31. The van der Waals surface area contributed by atoms with E-state index in [1.54, 1.807) is 17.0 Å². The molecule has 0 bridgehead atoms. The van der Waals surface area contributed by atoms with Crippen LogP contribution in [-0.4, -0.2) is 23.9 Å². The monoisotopic (exact) mass is 312 g/mol. The average Bonchev–Trinajstić information content (AvgIpc) is 2.33. The van der Waals surface area contributed by atoms with Crippen LogP contribution in [-0.2, 0) is 0 Å². The van der Waals surface area contributed by atoms with Gasteiger partial charge in [0, 0.05) is 22.5 Å². The van der Waals surface area contributed by atoms with Gasteiger partial charge < -0.3 is 4.90 Å². The van der Waals surface area contributed by atoms with Crippen LogP contribution >= 0.6 is 28.6 Å². The van der Waals surface area contributed by atoms with E-state index >= 15 is 0 Å². The molecule has 0 fully saturated rings. The van der Waals surface area contributed by atoms with Crippen molar-refractivity contribution in [1.29, 1.82) is 5.26 Å². The summed E-state index contributed by atoms with van der Waals surface area (Å²) >= 11 is 7.57. The molecular formula is C12H13BrN2OS. The fourth-order valence-corrected chi connectivity index (χ4v) is 2.06. The normalized spacial score (nSPS) is 9.76. The molecule has 0 heterocycles. The smallest absolute Gasteiger partial charge is 0.255 e. The van der Waals surface area contributed by atoms with Crippen LogP contribution in [0.25, 0.3) is 0 Å². The minimum Gasteiger partial charge on any atom is -0.338 e. The largest absolute Gasteiger partial charge is 0.338 e. The predicted molar refractivity (Wildman–Crippen MR) is 73.2 cm³/mol. The van der Waals surface area contributed by atoms with E-state index in [1.165, 1.54) is 0 Å². The minimum absolute atomic E-state index is 0.0782. The third kappa shape index (κ3) is 3.76. The van der Waals surface area contributed by atoms with Crippen molar-refractivity contribution in [2.24, 2.45) is 0 Å². The van der Waals surface area contributed by atoms with Crippen molar-refractivity contribution in [2.45, 2.75) is 18.2 Å². The summed E-state index contributed by atoms with van der Waals surface area (Å²) in [7, 11) is 0. The summed E-state index contributed by atoms with van der Waals surface area (Å²) in [5.74, 6) is -0.0782. The second-order valence-electron chi connectivity index (χ2n) is 3.46. The molecule has 1 amide bonds. The molecule has 0 aliphatic carbocycles. The highest BCUT2D eigenvalue weighted by molar-refractivity contribution is 9.10. The molecule has 0 unspecified atom stereocenters. The molecule has 0 aliphatic rings. The summed E-state index contributed by atoms with van der Waals surface area (Å²) in [4.78, 5) is 14.6. The van der Waals surface area contributed by atoms with Gasteiger partial charge in [0.15, 0.2) is 0 Å². The van der Waals surface area contributed by atoms with E-state index in [9.17, 15) is 4.79 Å². The molecular weight excluding hydrogens is 300 g/mol. The number of amides is 1. The molecule has 0 atom stereocenters. The zero-order valence-electron chi connectivity index (χ0n) is 9.48. The highest BCUT2D eigenvalue weighted by atomic mass is 79.9. The van der Waals surface area contributed by atoms with E-state index in [1.807, 2.05) is 19.1 Å². The van der Waals surface area contributed by atoms with Gasteiger partial charge in [0.2, 0.25) is 0 Å². The number of rotatable bonds is 4. The molecule has 1 aromatic rings. The molecule has 17 heavy (non-hydrogen) atoms. The zero-order valence-corrected chi connectivity index (χ0v) is 12.0. The lowest BCUT2D eigenvalue weighted by Gasteiger charge is -2.20. The van der Waals surface area contributed by atoms with Gasteiger partial charge in [-0.05, 0) is 41.1 Å². The van der Waals surface area contributed by atoms with Crippen molar-refractivity contribution in [3.05, 3.63) is 28.2 Å². The van der Waals surface area contributed by atoms with Crippen molar-refractivity contribution in [1.82, 2.24) is 4.90 Å². The summed E-state index contributed by atoms with van der Waals surface area (Å²) < 4.78 is 0.746. The van der Waals surface area contributed by atoms with E-state index in [4.69, 9.17) is 5.26 Å². The van der Waals surface area contributed by atoms with Crippen LogP contribution < -0.4 is 0 Å². The minimum atomic E-state index is -0.0782. The number of hydrogen-bond donors (Lipinski definition) is 1. The van der Waals surface area contributed by atoms with Crippen molar-refractivity contribution >= 4 is 34.5 Å².